The molecule has 2 aromatic heterocycles. The van der Waals surface area contributed by atoms with E-state index in [-0.39, 0.29) is 0 Å². The van der Waals surface area contributed by atoms with E-state index in [2.05, 4.69) is 228 Å². The van der Waals surface area contributed by atoms with Crippen LogP contribution in [0.3, 0.4) is 0 Å². The second-order valence-corrected chi connectivity index (χ2v) is 16.0. The lowest BCUT2D eigenvalue weighted by Gasteiger charge is -2.13. The van der Waals surface area contributed by atoms with Crippen LogP contribution in [0.5, 0.6) is 0 Å². The molecule has 0 N–H and O–H groups in total. The van der Waals surface area contributed by atoms with E-state index in [1.165, 1.54) is 120 Å². The van der Waals surface area contributed by atoms with Crippen LogP contribution in [-0.2, 0) is 0 Å². The summed E-state index contributed by atoms with van der Waals surface area (Å²) in [5.74, 6) is 0. The first kappa shape index (κ1) is 33.1. The van der Waals surface area contributed by atoms with Gasteiger partial charge >= 0.3 is 0 Å². The van der Waals surface area contributed by atoms with Crippen LogP contribution in [0.25, 0.3) is 120 Å². The van der Waals surface area contributed by atoms with Crippen molar-refractivity contribution in [1.29, 1.82) is 0 Å². The third-order valence-electron chi connectivity index (χ3n) is 12.8. The summed E-state index contributed by atoms with van der Waals surface area (Å²) in [7, 11) is 0. The number of rotatable bonds is 2. The number of hydrogen-bond acceptors (Lipinski definition) is 0. The van der Waals surface area contributed by atoms with Crippen molar-refractivity contribution >= 4 is 108 Å². The minimum absolute atomic E-state index is 1.19. The molecule has 0 amide bonds. The SMILES string of the molecule is c1ccc(-n2c3ccccc3c3c4ccc5cccc6ccc(cc32)c4c65)cc1.c1ccc(-n2c3ccccc3c3cc4c5ccccc5c5ccccc5c4cc32)cc1. The zero-order valence-electron chi connectivity index (χ0n) is 32.7. The molecule has 0 aliphatic carbocycles. The van der Waals surface area contributed by atoms with E-state index in [1.54, 1.807) is 0 Å². The summed E-state index contributed by atoms with van der Waals surface area (Å²) < 4.78 is 4.80. The summed E-state index contributed by atoms with van der Waals surface area (Å²) in [5.41, 5.74) is 7.41. The summed E-state index contributed by atoms with van der Waals surface area (Å²) >= 11 is 0. The maximum Gasteiger partial charge on any atom is 0.0553 e. The van der Waals surface area contributed by atoms with Crippen LogP contribution in [0, 0.1) is 0 Å². The van der Waals surface area contributed by atoms with Crippen molar-refractivity contribution in [2.24, 2.45) is 0 Å². The van der Waals surface area contributed by atoms with Crippen LogP contribution in [0.15, 0.2) is 218 Å². The molecule has 2 nitrogen and oxygen atoms in total. The largest absolute Gasteiger partial charge is 0.309 e. The number of aromatic nitrogens is 2. The molecule has 0 bridgehead atoms. The van der Waals surface area contributed by atoms with E-state index in [1.807, 2.05) is 0 Å². The molecule has 2 heteroatoms. The van der Waals surface area contributed by atoms with Gasteiger partial charge in [-0.2, -0.15) is 0 Å². The fourth-order valence-electron chi connectivity index (χ4n) is 10.3. The number of nitrogens with zero attached hydrogens (tertiary/aromatic N) is 2. The number of para-hydroxylation sites is 4. The zero-order chi connectivity index (χ0) is 39.3. The Hall–Kier alpha value is -7.94. The molecule has 12 aromatic carbocycles. The average molecular weight is 761 g/mol. The average Bonchev–Trinajstić information content (AvgIpc) is 3.83. The molecule has 0 unspecified atom stereocenters. The van der Waals surface area contributed by atoms with Gasteiger partial charge in [0.05, 0.1) is 22.1 Å². The van der Waals surface area contributed by atoms with E-state index in [0.29, 0.717) is 0 Å². The van der Waals surface area contributed by atoms with Gasteiger partial charge in [-0.05, 0) is 119 Å². The first-order valence-electron chi connectivity index (χ1n) is 20.8. The Bertz CT molecular complexity index is 3970. The van der Waals surface area contributed by atoms with Gasteiger partial charge in [0, 0.05) is 32.9 Å². The fourth-order valence-corrected chi connectivity index (χ4v) is 10.3. The first-order chi connectivity index (χ1) is 29.8. The molecule has 0 atom stereocenters. The lowest BCUT2D eigenvalue weighted by atomic mass is 9.92. The van der Waals surface area contributed by atoms with Crippen LogP contribution < -0.4 is 0 Å². The predicted molar refractivity (Wildman–Crippen MR) is 258 cm³/mol. The van der Waals surface area contributed by atoms with Gasteiger partial charge in [0.2, 0.25) is 0 Å². The van der Waals surface area contributed by atoms with Crippen molar-refractivity contribution in [3.63, 3.8) is 0 Å². The third-order valence-corrected chi connectivity index (χ3v) is 12.8. The first-order valence-corrected chi connectivity index (χ1v) is 20.8. The Morgan fingerprint density at radius 1 is 0.200 bits per heavy atom. The Kier molecular flexibility index (Phi) is 7.05. The second kappa shape index (κ2) is 12.8. The van der Waals surface area contributed by atoms with E-state index >= 15 is 0 Å². The minimum atomic E-state index is 1.19. The van der Waals surface area contributed by atoms with Crippen molar-refractivity contribution in [2.45, 2.75) is 0 Å². The molecule has 14 aromatic rings. The Labute approximate surface area is 345 Å². The Morgan fingerprint density at radius 3 is 1.30 bits per heavy atom. The molecule has 60 heavy (non-hydrogen) atoms. The van der Waals surface area contributed by atoms with E-state index in [0.717, 1.165) is 0 Å². The predicted octanol–water partition coefficient (Wildman–Crippen LogP) is 15.9. The highest BCUT2D eigenvalue weighted by Crippen LogP contribution is 2.44. The molecule has 0 spiro atoms. The van der Waals surface area contributed by atoms with Gasteiger partial charge in [0.15, 0.2) is 0 Å². The lowest BCUT2D eigenvalue weighted by Crippen LogP contribution is -1.93. The molecule has 0 fully saturated rings. The second-order valence-electron chi connectivity index (χ2n) is 16.0. The Balaban J connectivity index is 0.000000124. The smallest absolute Gasteiger partial charge is 0.0553 e. The topological polar surface area (TPSA) is 9.86 Å². The number of hydrogen-bond donors (Lipinski definition) is 0. The maximum atomic E-state index is 2.40. The van der Waals surface area contributed by atoms with E-state index in [9.17, 15) is 0 Å². The fraction of sp³-hybridized carbons (Fsp3) is 0. The number of benzene rings is 12. The lowest BCUT2D eigenvalue weighted by molar-refractivity contribution is 1.18. The van der Waals surface area contributed by atoms with Crippen molar-refractivity contribution in [2.75, 3.05) is 0 Å². The normalized spacial score (nSPS) is 12.0. The van der Waals surface area contributed by atoms with Crippen LogP contribution in [0.1, 0.15) is 0 Å². The summed E-state index contributed by atoms with van der Waals surface area (Å²) in [6.07, 6.45) is 0. The van der Waals surface area contributed by atoms with Crippen LogP contribution >= 0.6 is 0 Å². The summed E-state index contributed by atoms with van der Waals surface area (Å²) in [4.78, 5) is 0. The summed E-state index contributed by atoms with van der Waals surface area (Å²) in [6.45, 7) is 0. The third kappa shape index (κ3) is 4.70. The van der Waals surface area contributed by atoms with Gasteiger partial charge in [-0.1, -0.05) is 164 Å². The van der Waals surface area contributed by atoms with Gasteiger partial charge in [-0.3, -0.25) is 0 Å². The van der Waals surface area contributed by atoms with Gasteiger partial charge in [-0.25, -0.2) is 0 Å². The molecule has 0 radical (unpaired) electrons. The molecular formula is C58H36N2. The van der Waals surface area contributed by atoms with Crippen LogP contribution in [0.2, 0.25) is 0 Å². The monoisotopic (exact) mass is 760 g/mol. The Morgan fingerprint density at radius 2 is 0.667 bits per heavy atom. The van der Waals surface area contributed by atoms with Crippen molar-refractivity contribution in [3.8, 4) is 11.4 Å². The van der Waals surface area contributed by atoms with Gasteiger partial charge in [0.25, 0.3) is 0 Å². The summed E-state index contributed by atoms with van der Waals surface area (Å²) in [6, 6.07) is 79.3. The zero-order valence-corrected chi connectivity index (χ0v) is 32.7. The highest BCUT2D eigenvalue weighted by Gasteiger charge is 2.19. The molecule has 278 valence electrons. The highest BCUT2D eigenvalue weighted by atomic mass is 15.0. The van der Waals surface area contributed by atoms with Crippen molar-refractivity contribution < 1.29 is 0 Å². The molecule has 14 rings (SSSR count). The number of fused-ring (bicyclic) bond motifs is 13. The van der Waals surface area contributed by atoms with Crippen molar-refractivity contribution in [1.82, 2.24) is 9.13 Å². The molecule has 0 saturated heterocycles. The van der Waals surface area contributed by atoms with Gasteiger partial charge in [0.1, 0.15) is 0 Å². The van der Waals surface area contributed by atoms with Gasteiger partial charge in [-0.15, -0.1) is 0 Å². The van der Waals surface area contributed by atoms with Crippen LogP contribution in [0.4, 0.5) is 0 Å². The van der Waals surface area contributed by atoms with E-state index in [4.69, 9.17) is 0 Å². The maximum absolute atomic E-state index is 2.40. The van der Waals surface area contributed by atoms with Crippen LogP contribution in [-0.4, -0.2) is 9.13 Å². The quantitative estimate of drug-likeness (QED) is 0.155. The van der Waals surface area contributed by atoms with Gasteiger partial charge < -0.3 is 9.13 Å². The standard InChI is InChI=1S/C30H19N.C28H17N/c1-2-10-20(11-3-1)31-29-17-9-8-16-25(29)28-18-26-23-14-6-4-12-21(23)22-13-5-7-15-24(22)27(26)19-30(28)31;1-2-9-21(10-3-1)29-24-12-5-4-11-22(24)28-23-16-15-19-8-6-7-18-13-14-20(17-25(28)29)27(23)26(18)19/h1-19H;1-17H. The molecular weight excluding hydrogens is 725 g/mol. The minimum Gasteiger partial charge on any atom is -0.309 e. The molecule has 2 heterocycles. The molecule has 0 saturated carbocycles. The van der Waals surface area contributed by atoms with E-state index < -0.39 is 0 Å². The van der Waals surface area contributed by atoms with Crippen molar-refractivity contribution in [3.05, 3.63) is 218 Å². The molecule has 0 aliphatic rings. The summed E-state index contributed by atoms with van der Waals surface area (Å²) in [5, 5.41) is 21.1. The highest BCUT2D eigenvalue weighted by molar-refractivity contribution is 6.33. The molecule has 0 aliphatic heterocycles.